The zero-order valence-electron chi connectivity index (χ0n) is 13.0. The van der Waals surface area contributed by atoms with E-state index in [-0.39, 0.29) is 12.5 Å². The molecule has 4 nitrogen and oxygen atoms in total. The molecule has 1 atom stereocenters. The number of nitrogens with one attached hydrogen (secondary N) is 1. The second-order valence-corrected chi connectivity index (χ2v) is 7.23. The number of hydrogen-bond acceptors (Lipinski definition) is 2. The van der Waals surface area contributed by atoms with Gasteiger partial charge in [-0.1, -0.05) is 33.6 Å². The van der Waals surface area contributed by atoms with Crippen LogP contribution in [0.1, 0.15) is 65.7 Å². The summed E-state index contributed by atoms with van der Waals surface area (Å²) in [5.74, 6) is 0.620. The highest BCUT2D eigenvalue weighted by atomic mass is 16.4. The molecule has 1 amide bonds. The smallest absolute Gasteiger partial charge is 0.303 e. The van der Waals surface area contributed by atoms with Crippen molar-refractivity contribution >= 4 is 12.4 Å². The molecule has 0 aromatic carbocycles. The summed E-state index contributed by atoms with van der Waals surface area (Å²) in [5.41, 5.74) is 0.384. The Hall–Kier alpha value is -1.06. The summed E-state index contributed by atoms with van der Waals surface area (Å²) in [6.45, 7) is 6.92. The van der Waals surface area contributed by atoms with Crippen LogP contribution in [0.2, 0.25) is 0 Å². The van der Waals surface area contributed by atoms with E-state index >= 15 is 0 Å². The maximum Gasteiger partial charge on any atom is 0.303 e. The minimum absolute atomic E-state index is 0.0137. The van der Waals surface area contributed by atoms with E-state index in [9.17, 15) is 9.59 Å². The van der Waals surface area contributed by atoms with Gasteiger partial charge < -0.3 is 10.4 Å². The average molecular weight is 283 g/mol. The van der Waals surface area contributed by atoms with Gasteiger partial charge in [0.15, 0.2) is 0 Å². The molecule has 0 spiro atoms. The molecule has 0 heterocycles. The van der Waals surface area contributed by atoms with E-state index in [4.69, 9.17) is 5.11 Å². The highest BCUT2D eigenvalue weighted by Crippen LogP contribution is 2.41. The van der Waals surface area contributed by atoms with Gasteiger partial charge in [0.25, 0.3) is 0 Å². The van der Waals surface area contributed by atoms with E-state index < -0.39 is 5.97 Å². The molecule has 2 N–H and O–H groups in total. The minimum Gasteiger partial charge on any atom is -0.481 e. The highest BCUT2D eigenvalue weighted by Gasteiger charge is 2.30. The van der Waals surface area contributed by atoms with Crippen LogP contribution in [0.25, 0.3) is 0 Å². The fourth-order valence-corrected chi connectivity index (χ4v) is 3.33. The Balaban J connectivity index is 2.39. The topological polar surface area (TPSA) is 66.4 Å². The van der Waals surface area contributed by atoms with Gasteiger partial charge in [-0.3, -0.25) is 9.59 Å². The third kappa shape index (κ3) is 5.93. The average Bonchev–Trinajstić information content (AvgIpc) is 2.36. The van der Waals surface area contributed by atoms with Crippen molar-refractivity contribution in [2.45, 2.75) is 71.8 Å². The van der Waals surface area contributed by atoms with E-state index in [1.54, 1.807) is 0 Å². The largest absolute Gasteiger partial charge is 0.481 e. The van der Waals surface area contributed by atoms with Crippen LogP contribution in [-0.4, -0.2) is 23.5 Å². The van der Waals surface area contributed by atoms with Gasteiger partial charge in [-0.2, -0.15) is 0 Å². The summed E-state index contributed by atoms with van der Waals surface area (Å²) in [6, 6.07) is 0.0137. The maximum atomic E-state index is 10.6. The second-order valence-electron chi connectivity index (χ2n) is 7.23. The van der Waals surface area contributed by atoms with Gasteiger partial charge in [0.1, 0.15) is 0 Å². The van der Waals surface area contributed by atoms with E-state index in [1.165, 1.54) is 25.7 Å². The van der Waals surface area contributed by atoms with E-state index in [0.717, 1.165) is 12.3 Å². The number of carbonyl (C=O) groups excluding carboxylic acids is 1. The molecule has 1 aliphatic carbocycles. The number of amides is 1. The Kier molecular flexibility index (Phi) is 6.50. The van der Waals surface area contributed by atoms with Crippen LogP contribution < -0.4 is 5.32 Å². The number of carboxylic acid groups (broad SMARTS) is 1. The van der Waals surface area contributed by atoms with Gasteiger partial charge in [-0.05, 0) is 42.9 Å². The predicted molar refractivity (Wildman–Crippen MR) is 79.4 cm³/mol. The molecule has 0 aromatic heterocycles. The monoisotopic (exact) mass is 283 g/mol. The van der Waals surface area contributed by atoms with Crippen molar-refractivity contribution < 1.29 is 14.7 Å². The molecule has 1 fully saturated rings. The fraction of sp³-hybridized carbons (Fsp3) is 0.875. The number of aliphatic carboxylic acids is 1. The number of carbonyl (C=O) groups is 2. The van der Waals surface area contributed by atoms with Crippen LogP contribution in [0, 0.1) is 17.3 Å². The zero-order valence-corrected chi connectivity index (χ0v) is 13.0. The van der Waals surface area contributed by atoms with Crippen molar-refractivity contribution in [2.75, 3.05) is 0 Å². The summed E-state index contributed by atoms with van der Waals surface area (Å²) in [7, 11) is 0. The summed E-state index contributed by atoms with van der Waals surface area (Å²) in [5, 5.41) is 11.5. The third-order valence-electron chi connectivity index (χ3n) is 4.70. The quantitative estimate of drug-likeness (QED) is 0.705. The van der Waals surface area contributed by atoms with Crippen molar-refractivity contribution in [3.05, 3.63) is 0 Å². The van der Waals surface area contributed by atoms with Crippen LogP contribution in [0.15, 0.2) is 0 Å². The molecule has 1 aliphatic rings. The number of hydrogen-bond donors (Lipinski definition) is 2. The summed E-state index contributed by atoms with van der Waals surface area (Å²) >= 11 is 0. The Morgan fingerprint density at radius 2 is 1.90 bits per heavy atom. The molecule has 0 aromatic rings. The van der Waals surface area contributed by atoms with Gasteiger partial charge in [0, 0.05) is 12.5 Å². The Bertz CT molecular complexity index is 314. The lowest BCUT2D eigenvalue weighted by molar-refractivity contribution is -0.137. The van der Waals surface area contributed by atoms with Crippen molar-refractivity contribution in [2.24, 2.45) is 17.3 Å². The Morgan fingerprint density at radius 1 is 1.30 bits per heavy atom. The first-order valence-electron chi connectivity index (χ1n) is 7.74. The molecule has 0 radical (unpaired) electrons. The molecule has 0 saturated heterocycles. The van der Waals surface area contributed by atoms with Crippen LogP contribution in [-0.2, 0) is 9.59 Å². The maximum absolute atomic E-state index is 10.6. The van der Waals surface area contributed by atoms with Crippen LogP contribution in [0.3, 0.4) is 0 Å². The van der Waals surface area contributed by atoms with E-state index in [2.05, 4.69) is 26.1 Å². The van der Waals surface area contributed by atoms with E-state index in [0.29, 0.717) is 24.2 Å². The normalized spacial score (nSPS) is 24.9. The van der Waals surface area contributed by atoms with Crippen molar-refractivity contribution in [3.63, 3.8) is 0 Å². The summed E-state index contributed by atoms with van der Waals surface area (Å²) in [6.07, 6.45) is 7.19. The first-order chi connectivity index (χ1) is 9.32. The van der Waals surface area contributed by atoms with Gasteiger partial charge in [-0.25, -0.2) is 0 Å². The SMILES string of the molecule is CC(C)(C)C1CCC(CC(CCC(=O)O)NC=O)CC1. The Labute approximate surface area is 122 Å². The van der Waals surface area contributed by atoms with Crippen molar-refractivity contribution in [3.8, 4) is 0 Å². The first kappa shape index (κ1) is 17.0. The Morgan fingerprint density at radius 3 is 2.35 bits per heavy atom. The van der Waals surface area contributed by atoms with E-state index in [1.807, 2.05) is 0 Å². The van der Waals surface area contributed by atoms with Gasteiger partial charge in [0.2, 0.25) is 6.41 Å². The minimum atomic E-state index is -0.792. The fourth-order valence-electron chi connectivity index (χ4n) is 3.33. The van der Waals surface area contributed by atoms with Crippen LogP contribution >= 0.6 is 0 Å². The third-order valence-corrected chi connectivity index (χ3v) is 4.70. The molecular formula is C16H29NO3. The molecule has 0 bridgehead atoms. The van der Waals surface area contributed by atoms with Gasteiger partial charge in [0.05, 0.1) is 0 Å². The molecule has 4 heteroatoms. The molecular weight excluding hydrogens is 254 g/mol. The van der Waals surface area contributed by atoms with Crippen molar-refractivity contribution in [1.29, 1.82) is 0 Å². The zero-order chi connectivity index (χ0) is 15.2. The lowest BCUT2D eigenvalue weighted by Crippen LogP contribution is -2.33. The molecule has 20 heavy (non-hydrogen) atoms. The first-order valence-corrected chi connectivity index (χ1v) is 7.74. The highest BCUT2D eigenvalue weighted by molar-refractivity contribution is 5.66. The second kappa shape index (κ2) is 7.65. The summed E-state index contributed by atoms with van der Waals surface area (Å²) in [4.78, 5) is 21.3. The lowest BCUT2D eigenvalue weighted by Gasteiger charge is -2.37. The molecule has 0 aliphatic heterocycles. The summed E-state index contributed by atoms with van der Waals surface area (Å²) < 4.78 is 0. The molecule has 1 rings (SSSR count). The predicted octanol–water partition coefficient (Wildman–Crippen LogP) is 3.21. The lowest BCUT2D eigenvalue weighted by atomic mass is 9.69. The standard InChI is InChI=1S/C16H29NO3/c1-16(2,3)13-6-4-12(5-7-13)10-14(17-11-18)8-9-15(19)20/h11-14H,4-10H2,1-3H3,(H,17,18)(H,19,20). The van der Waals surface area contributed by atoms with Gasteiger partial charge in [-0.15, -0.1) is 0 Å². The van der Waals surface area contributed by atoms with Gasteiger partial charge >= 0.3 is 5.97 Å². The number of carboxylic acids is 1. The van der Waals surface area contributed by atoms with Crippen molar-refractivity contribution in [1.82, 2.24) is 5.32 Å². The number of rotatable bonds is 7. The van der Waals surface area contributed by atoms with Crippen LogP contribution in [0.5, 0.6) is 0 Å². The molecule has 1 saturated carbocycles. The van der Waals surface area contributed by atoms with Crippen LogP contribution in [0.4, 0.5) is 0 Å². The molecule has 116 valence electrons. The molecule has 1 unspecified atom stereocenters.